The van der Waals surface area contributed by atoms with Gasteiger partial charge in [-0.25, -0.2) is 0 Å². The molecule has 0 aromatic heterocycles. The highest BCUT2D eigenvalue weighted by Gasteiger charge is 2.57. The molecule has 25 heavy (non-hydrogen) atoms. The van der Waals surface area contributed by atoms with Gasteiger partial charge in [-0.1, -0.05) is 42.5 Å². The molecule has 5 nitrogen and oxygen atoms in total. The lowest BCUT2D eigenvalue weighted by Crippen LogP contribution is -2.38. The molecule has 0 radical (unpaired) electrons. The van der Waals surface area contributed by atoms with Gasteiger partial charge in [-0.2, -0.15) is 0 Å². The summed E-state index contributed by atoms with van der Waals surface area (Å²) < 4.78 is 5.19. The number of nitrogens with zero attached hydrogens (tertiary/aromatic N) is 1. The van der Waals surface area contributed by atoms with Gasteiger partial charge < -0.3 is 4.74 Å². The van der Waals surface area contributed by atoms with Gasteiger partial charge >= 0.3 is 5.97 Å². The van der Waals surface area contributed by atoms with Crippen molar-refractivity contribution in [2.45, 2.75) is 13.0 Å². The average Bonchev–Trinajstić information content (AvgIpc) is 3.12. The number of benzene rings is 1. The lowest BCUT2D eigenvalue weighted by Gasteiger charge is -2.18. The van der Waals surface area contributed by atoms with Crippen LogP contribution in [0.4, 0.5) is 0 Å². The molecule has 2 fully saturated rings. The zero-order valence-corrected chi connectivity index (χ0v) is 14.0. The van der Waals surface area contributed by atoms with Crippen molar-refractivity contribution >= 4 is 17.8 Å². The number of allylic oxidation sites excluding steroid dienone is 2. The minimum atomic E-state index is -0.587. The van der Waals surface area contributed by atoms with E-state index in [1.807, 2.05) is 30.3 Å². The summed E-state index contributed by atoms with van der Waals surface area (Å²) in [6, 6.07) is 9.25. The molecule has 2 amide bonds. The van der Waals surface area contributed by atoms with E-state index in [-0.39, 0.29) is 36.8 Å². The van der Waals surface area contributed by atoms with Gasteiger partial charge in [0, 0.05) is 0 Å². The maximum atomic E-state index is 12.7. The number of amides is 2. The van der Waals surface area contributed by atoms with Gasteiger partial charge in [0.05, 0.1) is 11.8 Å². The molecule has 5 heteroatoms. The van der Waals surface area contributed by atoms with Crippen molar-refractivity contribution in [1.29, 1.82) is 0 Å². The predicted octanol–water partition coefficient (Wildman–Crippen LogP) is 2.34. The Hall–Kier alpha value is -2.69. The van der Waals surface area contributed by atoms with Crippen LogP contribution < -0.4 is 0 Å². The Morgan fingerprint density at radius 2 is 1.64 bits per heavy atom. The quantitative estimate of drug-likeness (QED) is 0.453. The predicted molar refractivity (Wildman–Crippen MR) is 91.9 cm³/mol. The molecule has 3 rings (SSSR count). The van der Waals surface area contributed by atoms with Crippen LogP contribution in [0.25, 0.3) is 0 Å². The topological polar surface area (TPSA) is 63.7 Å². The fourth-order valence-electron chi connectivity index (χ4n) is 3.84. The zero-order chi connectivity index (χ0) is 18.0. The highest BCUT2D eigenvalue weighted by atomic mass is 16.5. The van der Waals surface area contributed by atoms with E-state index < -0.39 is 17.8 Å². The first-order valence-electron chi connectivity index (χ1n) is 8.36. The Bertz CT molecular complexity index is 680. The number of imide groups is 1. The summed E-state index contributed by atoms with van der Waals surface area (Å²) in [4.78, 5) is 38.4. The molecule has 1 aliphatic carbocycles. The largest absolute Gasteiger partial charge is 0.459 e. The van der Waals surface area contributed by atoms with Gasteiger partial charge in [-0.15, -0.1) is 13.2 Å². The molecule has 1 aliphatic heterocycles. The summed E-state index contributed by atoms with van der Waals surface area (Å²) in [7, 11) is 0. The van der Waals surface area contributed by atoms with E-state index in [4.69, 9.17) is 4.74 Å². The summed E-state index contributed by atoms with van der Waals surface area (Å²) in [5, 5.41) is 0. The Morgan fingerprint density at radius 1 is 1.08 bits per heavy atom. The summed E-state index contributed by atoms with van der Waals surface area (Å²) in [5.41, 5.74) is 0.852. The van der Waals surface area contributed by atoms with Crippen molar-refractivity contribution in [3.63, 3.8) is 0 Å². The molecule has 4 atom stereocenters. The van der Waals surface area contributed by atoms with Gasteiger partial charge in [0.25, 0.3) is 0 Å². The smallest absolute Gasteiger partial charge is 0.326 e. The first-order valence-corrected chi connectivity index (χ1v) is 8.36. The van der Waals surface area contributed by atoms with Crippen LogP contribution in [0.1, 0.15) is 12.0 Å². The number of likely N-dealkylation sites (tertiary alicyclic amines) is 1. The van der Waals surface area contributed by atoms with E-state index in [9.17, 15) is 14.4 Å². The van der Waals surface area contributed by atoms with E-state index in [0.29, 0.717) is 6.42 Å². The highest BCUT2D eigenvalue weighted by molar-refractivity contribution is 6.07. The van der Waals surface area contributed by atoms with Gasteiger partial charge in [0.2, 0.25) is 11.8 Å². The lowest BCUT2D eigenvalue weighted by atomic mass is 9.89. The van der Waals surface area contributed by atoms with Crippen LogP contribution in [-0.2, 0) is 25.7 Å². The number of ether oxygens (including phenoxy) is 1. The van der Waals surface area contributed by atoms with Gasteiger partial charge in [0.1, 0.15) is 13.2 Å². The molecule has 0 spiro atoms. The second-order valence-corrected chi connectivity index (χ2v) is 6.50. The molecule has 1 aromatic rings. The molecule has 0 N–H and O–H groups in total. The minimum absolute atomic E-state index is 0.0604. The van der Waals surface area contributed by atoms with Crippen LogP contribution in [0.2, 0.25) is 0 Å². The average molecular weight is 339 g/mol. The van der Waals surface area contributed by atoms with Crippen LogP contribution in [0.3, 0.4) is 0 Å². The number of carbonyl (C=O) groups is 3. The van der Waals surface area contributed by atoms with Crippen molar-refractivity contribution in [1.82, 2.24) is 4.90 Å². The molecular formula is C20H21NO4. The van der Waals surface area contributed by atoms with Crippen LogP contribution in [0, 0.1) is 23.7 Å². The Kier molecular flexibility index (Phi) is 4.83. The fraction of sp³-hybridized carbons (Fsp3) is 0.350. The number of rotatable bonds is 6. The Labute approximate surface area is 147 Å². The summed E-state index contributed by atoms with van der Waals surface area (Å²) >= 11 is 0. The van der Waals surface area contributed by atoms with Gasteiger partial charge in [-0.05, 0) is 23.8 Å². The zero-order valence-electron chi connectivity index (χ0n) is 14.0. The van der Waals surface area contributed by atoms with Crippen LogP contribution in [0.15, 0.2) is 55.6 Å². The molecule has 130 valence electrons. The van der Waals surface area contributed by atoms with Gasteiger partial charge in [0.15, 0.2) is 0 Å². The number of esters is 1. The summed E-state index contributed by atoms with van der Waals surface area (Å²) in [5.74, 6) is -2.19. The standard InChI is InChI=1S/C20H21NO4/c1-3-14-10-15(4-2)18-17(14)19(23)21(20(18)24)11-16(22)25-12-13-8-6-5-7-9-13/h3-9,14-15,17-18H,1-2,10-12H2. The first-order chi connectivity index (χ1) is 12.1. The maximum Gasteiger partial charge on any atom is 0.326 e. The normalized spacial score (nSPS) is 27.9. The Morgan fingerprint density at radius 3 is 2.16 bits per heavy atom. The third kappa shape index (κ3) is 3.14. The van der Waals surface area contributed by atoms with E-state index in [2.05, 4.69) is 13.2 Å². The van der Waals surface area contributed by atoms with Crippen molar-refractivity contribution in [2.24, 2.45) is 23.7 Å². The molecule has 0 bridgehead atoms. The number of carbonyl (C=O) groups excluding carboxylic acids is 3. The molecule has 1 saturated heterocycles. The van der Waals surface area contributed by atoms with E-state index >= 15 is 0 Å². The van der Waals surface area contributed by atoms with Crippen LogP contribution >= 0.6 is 0 Å². The molecule has 1 heterocycles. The van der Waals surface area contributed by atoms with Crippen molar-refractivity contribution in [2.75, 3.05) is 6.54 Å². The molecule has 2 aliphatic rings. The van der Waals surface area contributed by atoms with Crippen LogP contribution in [0.5, 0.6) is 0 Å². The van der Waals surface area contributed by atoms with E-state index in [0.717, 1.165) is 10.5 Å². The molecule has 1 aromatic carbocycles. The molecule has 4 unspecified atom stereocenters. The maximum absolute atomic E-state index is 12.7. The lowest BCUT2D eigenvalue weighted by molar-refractivity contribution is -0.154. The van der Waals surface area contributed by atoms with E-state index in [1.54, 1.807) is 12.2 Å². The van der Waals surface area contributed by atoms with Crippen molar-refractivity contribution in [3.05, 3.63) is 61.2 Å². The second kappa shape index (κ2) is 7.05. The SMILES string of the molecule is C=CC1CC(C=C)C2C(=O)N(CC(=O)OCc3ccccc3)C(=O)C12. The van der Waals surface area contributed by atoms with Crippen molar-refractivity contribution in [3.8, 4) is 0 Å². The monoisotopic (exact) mass is 339 g/mol. The number of hydrogen-bond acceptors (Lipinski definition) is 4. The van der Waals surface area contributed by atoms with E-state index in [1.165, 1.54) is 0 Å². The number of hydrogen-bond donors (Lipinski definition) is 0. The fourth-order valence-corrected chi connectivity index (χ4v) is 3.84. The summed E-state index contributed by atoms with van der Waals surface area (Å²) in [6.07, 6.45) is 4.15. The first kappa shape index (κ1) is 17.1. The molecule has 1 saturated carbocycles. The second-order valence-electron chi connectivity index (χ2n) is 6.50. The van der Waals surface area contributed by atoms with Gasteiger partial charge in [-0.3, -0.25) is 19.3 Å². The Balaban J connectivity index is 1.66. The van der Waals surface area contributed by atoms with Crippen molar-refractivity contribution < 1.29 is 19.1 Å². The summed E-state index contributed by atoms with van der Waals surface area (Å²) in [6.45, 7) is 7.32. The number of fused-ring (bicyclic) bond motifs is 1. The minimum Gasteiger partial charge on any atom is -0.459 e. The third-order valence-electron chi connectivity index (χ3n) is 5.09. The molecular weight excluding hydrogens is 318 g/mol. The third-order valence-corrected chi connectivity index (χ3v) is 5.09. The van der Waals surface area contributed by atoms with Crippen LogP contribution in [-0.4, -0.2) is 29.2 Å². The highest BCUT2D eigenvalue weighted by Crippen LogP contribution is 2.48.